The second kappa shape index (κ2) is 6.24. The van der Waals surface area contributed by atoms with Crippen LogP contribution in [0.4, 0.5) is 0 Å². The van der Waals surface area contributed by atoms with Gasteiger partial charge in [-0.05, 0) is 32.0 Å². The van der Waals surface area contributed by atoms with E-state index >= 15 is 0 Å². The van der Waals surface area contributed by atoms with Gasteiger partial charge in [-0.2, -0.15) is 4.98 Å². The summed E-state index contributed by atoms with van der Waals surface area (Å²) in [5.41, 5.74) is 0.851. The molecule has 0 amide bonds. The zero-order valence-electron chi connectivity index (χ0n) is 12.2. The Bertz CT molecular complexity index is 591. The molecule has 6 nitrogen and oxygen atoms in total. The van der Waals surface area contributed by atoms with E-state index in [-0.39, 0.29) is 12.1 Å². The molecule has 1 fully saturated rings. The number of ether oxygens (including phenoxy) is 2. The minimum absolute atomic E-state index is 0.00801. The first-order chi connectivity index (χ1) is 10.2. The van der Waals surface area contributed by atoms with E-state index in [4.69, 9.17) is 14.0 Å². The van der Waals surface area contributed by atoms with Crippen molar-refractivity contribution >= 4 is 0 Å². The van der Waals surface area contributed by atoms with E-state index in [0.29, 0.717) is 18.3 Å². The van der Waals surface area contributed by atoms with E-state index in [0.717, 1.165) is 24.5 Å². The van der Waals surface area contributed by atoms with Gasteiger partial charge in [-0.1, -0.05) is 11.2 Å². The molecule has 1 N–H and O–H groups in total. The fourth-order valence-corrected chi connectivity index (χ4v) is 2.20. The Morgan fingerprint density at radius 2 is 2.29 bits per heavy atom. The molecular formula is C15H19N3O3. The second-order valence-electron chi connectivity index (χ2n) is 5.23. The number of benzene rings is 1. The van der Waals surface area contributed by atoms with Gasteiger partial charge in [0.15, 0.2) is 5.82 Å². The van der Waals surface area contributed by atoms with Crippen LogP contribution in [0.15, 0.2) is 28.8 Å². The van der Waals surface area contributed by atoms with Crippen molar-refractivity contribution in [3.8, 4) is 17.2 Å². The van der Waals surface area contributed by atoms with Gasteiger partial charge in [0.2, 0.25) is 0 Å². The van der Waals surface area contributed by atoms with Crippen molar-refractivity contribution in [2.75, 3.05) is 19.8 Å². The van der Waals surface area contributed by atoms with Crippen molar-refractivity contribution in [3.05, 3.63) is 30.1 Å². The first kappa shape index (κ1) is 14.0. The Labute approximate surface area is 123 Å². The van der Waals surface area contributed by atoms with Gasteiger partial charge in [-0.3, -0.25) is 0 Å². The first-order valence-electron chi connectivity index (χ1n) is 7.14. The highest BCUT2D eigenvalue weighted by atomic mass is 16.5. The maximum Gasteiger partial charge on any atom is 0.258 e. The lowest BCUT2D eigenvalue weighted by atomic mass is 10.2. The minimum Gasteiger partial charge on any atom is -0.491 e. The van der Waals surface area contributed by atoms with Crippen LogP contribution in [0, 0.1) is 0 Å². The highest BCUT2D eigenvalue weighted by molar-refractivity contribution is 5.55. The predicted molar refractivity (Wildman–Crippen MR) is 77.1 cm³/mol. The van der Waals surface area contributed by atoms with Gasteiger partial charge < -0.3 is 19.3 Å². The quantitative estimate of drug-likeness (QED) is 0.930. The average molecular weight is 289 g/mol. The Balaban J connectivity index is 1.79. The fraction of sp³-hybridized carbons (Fsp3) is 0.467. The van der Waals surface area contributed by atoms with Gasteiger partial charge in [0.05, 0.1) is 25.4 Å². The molecule has 6 heteroatoms. The van der Waals surface area contributed by atoms with E-state index in [1.165, 1.54) is 0 Å². The van der Waals surface area contributed by atoms with Gasteiger partial charge in [0, 0.05) is 12.1 Å². The molecule has 0 saturated carbocycles. The van der Waals surface area contributed by atoms with E-state index in [2.05, 4.69) is 15.5 Å². The molecule has 1 unspecified atom stereocenters. The molecule has 112 valence electrons. The topological polar surface area (TPSA) is 69.4 Å². The molecule has 0 radical (unpaired) electrons. The van der Waals surface area contributed by atoms with Gasteiger partial charge in [0.1, 0.15) is 5.75 Å². The summed E-state index contributed by atoms with van der Waals surface area (Å²) in [7, 11) is 0. The van der Waals surface area contributed by atoms with Crippen molar-refractivity contribution in [3.63, 3.8) is 0 Å². The molecule has 1 aromatic heterocycles. The molecule has 21 heavy (non-hydrogen) atoms. The Hall–Kier alpha value is -1.92. The number of aromatic nitrogens is 2. The van der Waals surface area contributed by atoms with Crippen LogP contribution >= 0.6 is 0 Å². The highest BCUT2D eigenvalue weighted by Crippen LogP contribution is 2.24. The lowest BCUT2D eigenvalue weighted by molar-refractivity contribution is 0.0734. The molecule has 0 aliphatic carbocycles. The molecule has 1 atom stereocenters. The Morgan fingerprint density at radius 3 is 3.05 bits per heavy atom. The van der Waals surface area contributed by atoms with Crippen LogP contribution in [-0.4, -0.2) is 36.0 Å². The molecule has 3 rings (SSSR count). The van der Waals surface area contributed by atoms with Crippen molar-refractivity contribution in [1.82, 2.24) is 15.5 Å². The van der Waals surface area contributed by atoms with Gasteiger partial charge in [-0.25, -0.2) is 0 Å². The van der Waals surface area contributed by atoms with Crippen LogP contribution in [0.5, 0.6) is 5.75 Å². The van der Waals surface area contributed by atoms with Crippen LogP contribution < -0.4 is 10.1 Å². The van der Waals surface area contributed by atoms with Crippen LogP contribution in [-0.2, 0) is 4.74 Å². The standard InChI is InChI=1S/C15H19N3O3/c1-10(2)20-12-5-3-4-11(8-12)15-17-14(18-21-15)13-9-19-7-6-16-13/h3-5,8,10,13,16H,6-7,9H2,1-2H3. The summed E-state index contributed by atoms with van der Waals surface area (Å²) in [5.74, 6) is 1.91. The monoisotopic (exact) mass is 289 g/mol. The molecule has 1 saturated heterocycles. The first-order valence-corrected chi connectivity index (χ1v) is 7.14. The lowest BCUT2D eigenvalue weighted by Crippen LogP contribution is -2.35. The van der Waals surface area contributed by atoms with Crippen molar-refractivity contribution < 1.29 is 14.0 Å². The van der Waals surface area contributed by atoms with Gasteiger partial charge in [-0.15, -0.1) is 0 Å². The predicted octanol–water partition coefficient (Wildman–Crippen LogP) is 2.18. The molecule has 1 aliphatic heterocycles. The zero-order chi connectivity index (χ0) is 14.7. The number of morpholine rings is 1. The van der Waals surface area contributed by atoms with E-state index in [1.807, 2.05) is 38.1 Å². The molecular weight excluding hydrogens is 270 g/mol. The molecule has 1 aliphatic rings. The SMILES string of the molecule is CC(C)Oc1cccc(-c2nc(C3COCCN3)no2)c1. The Kier molecular flexibility index (Phi) is 4.17. The van der Waals surface area contributed by atoms with Crippen LogP contribution in [0.1, 0.15) is 25.7 Å². The van der Waals surface area contributed by atoms with E-state index < -0.39 is 0 Å². The van der Waals surface area contributed by atoms with Crippen molar-refractivity contribution in [2.45, 2.75) is 26.0 Å². The minimum atomic E-state index is -0.00801. The largest absolute Gasteiger partial charge is 0.491 e. The zero-order valence-corrected chi connectivity index (χ0v) is 12.2. The molecule has 0 spiro atoms. The second-order valence-corrected chi connectivity index (χ2v) is 5.23. The molecule has 2 aromatic rings. The third-order valence-corrected chi connectivity index (χ3v) is 3.13. The van der Waals surface area contributed by atoms with E-state index in [9.17, 15) is 0 Å². The molecule has 1 aromatic carbocycles. The maximum absolute atomic E-state index is 5.68. The summed E-state index contributed by atoms with van der Waals surface area (Å²) in [6, 6.07) is 7.65. The van der Waals surface area contributed by atoms with Crippen LogP contribution in [0.2, 0.25) is 0 Å². The Morgan fingerprint density at radius 1 is 1.38 bits per heavy atom. The fourth-order valence-electron chi connectivity index (χ4n) is 2.20. The maximum atomic E-state index is 5.68. The van der Waals surface area contributed by atoms with Crippen LogP contribution in [0.25, 0.3) is 11.5 Å². The highest BCUT2D eigenvalue weighted by Gasteiger charge is 2.21. The summed E-state index contributed by atoms with van der Waals surface area (Å²) in [4.78, 5) is 4.45. The summed E-state index contributed by atoms with van der Waals surface area (Å²) < 4.78 is 16.4. The number of rotatable bonds is 4. The van der Waals surface area contributed by atoms with E-state index in [1.54, 1.807) is 0 Å². The third-order valence-electron chi connectivity index (χ3n) is 3.13. The number of nitrogens with one attached hydrogen (secondary N) is 1. The van der Waals surface area contributed by atoms with Crippen molar-refractivity contribution in [1.29, 1.82) is 0 Å². The number of nitrogens with zero attached hydrogens (tertiary/aromatic N) is 2. The summed E-state index contributed by atoms with van der Waals surface area (Å²) >= 11 is 0. The number of hydrogen-bond donors (Lipinski definition) is 1. The van der Waals surface area contributed by atoms with Crippen LogP contribution in [0.3, 0.4) is 0 Å². The smallest absolute Gasteiger partial charge is 0.258 e. The van der Waals surface area contributed by atoms with Gasteiger partial charge in [0.25, 0.3) is 5.89 Å². The molecule has 2 heterocycles. The van der Waals surface area contributed by atoms with Gasteiger partial charge >= 0.3 is 0 Å². The number of hydrogen-bond acceptors (Lipinski definition) is 6. The molecule has 0 bridgehead atoms. The summed E-state index contributed by atoms with van der Waals surface area (Å²) in [6.45, 7) is 6.07. The third kappa shape index (κ3) is 3.40. The normalized spacial score (nSPS) is 18.9. The summed E-state index contributed by atoms with van der Waals surface area (Å²) in [5, 5.41) is 7.34. The summed E-state index contributed by atoms with van der Waals surface area (Å²) in [6.07, 6.45) is 0.127. The van der Waals surface area contributed by atoms with Crippen molar-refractivity contribution in [2.24, 2.45) is 0 Å². The lowest BCUT2D eigenvalue weighted by Gasteiger charge is -2.20. The average Bonchev–Trinajstić information content (AvgIpc) is 2.98.